The minimum atomic E-state index is -0.0696. The molecule has 0 aliphatic rings. The summed E-state index contributed by atoms with van der Waals surface area (Å²) in [7, 11) is 2.18. The van der Waals surface area contributed by atoms with Crippen molar-refractivity contribution in [1.29, 1.82) is 0 Å². The topological polar surface area (TPSA) is 26.7 Å². The van der Waals surface area contributed by atoms with Crippen molar-refractivity contribution >= 4 is 0 Å². The maximum absolute atomic E-state index is 10.8. The minimum absolute atomic E-state index is 0.0696. The SMILES string of the molecule is CCN(CC)CCN(C)Cc1cc(C(C)(C)C)c(O)c(C(C)(C)C)c1. The van der Waals surface area contributed by atoms with E-state index in [1.165, 1.54) is 5.56 Å². The highest BCUT2D eigenvalue weighted by molar-refractivity contribution is 5.49. The first-order valence-electron chi connectivity index (χ1n) is 9.67. The smallest absolute Gasteiger partial charge is 0.123 e. The van der Waals surface area contributed by atoms with Gasteiger partial charge in [0.15, 0.2) is 0 Å². The Hall–Kier alpha value is -1.06. The van der Waals surface area contributed by atoms with E-state index < -0.39 is 0 Å². The molecule has 1 rings (SSSR count). The zero-order valence-electron chi connectivity index (χ0n) is 18.0. The van der Waals surface area contributed by atoms with Gasteiger partial charge in [-0.25, -0.2) is 0 Å². The number of rotatable bonds is 7. The number of nitrogens with zero attached hydrogens (tertiary/aromatic N) is 2. The maximum Gasteiger partial charge on any atom is 0.123 e. The number of phenolic OH excluding ortho intramolecular Hbond substituents is 1. The van der Waals surface area contributed by atoms with E-state index in [1.54, 1.807) is 0 Å². The van der Waals surface area contributed by atoms with Gasteiger partial charge in [-0.1, -0.05) is 67.5 Å². The van der Waals surface area contributed by atoms with Crippen LogP contribution in [0.25, 0.3) is 0 Å². The lowest BCUT2D eigenvalue weighted by Gasteiger charge is -2.29. The average molecular weight is 349 g/mol. The van der Waals surface area contributed by atoms with Crippen molar-refractivity contribution in [2.75, 3.05) is 33.2 Å². The van der Waals surface area contributed by atoms with Crippen LogP contribution in [-0.4, -0.2) is 48.1 Å². The molecule has 0 saturated heterocycles. The monoisotopic (exact) mass is 348 g/mol. The fraction of sp³-hybridized carbons (Fsp3) is 0.727. The first kappa shape index (κ1) is 22.0. The van der Waals surface area contributed by atoms with Crippen LogP contribution in [-0.2, 0) is 17.4 Å². The van der Waals surface area contributed by atoms with Crippen LogP contribution in [0, 0.1) is 0 Å². The summed E-state index contributed by atoms with van der Waals surface area (Å²) in [4.78, 5) is 4.83. The zero-order valence-corrected chi connectivity index (χ0v) is 18.0. The lowest BCUT2D eigenvalue weighted by Crippen LogP contribution is -2.33. The van der Waals surface area contributed by atoms with E-state index in [0.29, 0.717) is 5.75 Å². The van der Waals surface area contributed by atoms with Crippen molar-refractivity contribution in [3.63, 3.8) is 0 Å². The fourth-order valence-electron chi connectivity index (χ4n) is 3.17. The third-order valence-corrected chi connectivity index (χ3v) is 4.93. The van der Waals surface area contributed by atoms with Crippen LogP contribution >= 0.6 is 0 Å². The molecule has 1 aromatic rings. The molecule has 0 heterocycles. The summed E-state index contributed by atoms with van der Waals surface area (Å²) in [6, 6.07) is 4.39. The zero-order chi connectivity index (χ0) is 19.4. The van der Waals surface area contributed by atoms with Crippen LogP contribution < -0.4 is 0 Å². The van der Waals surface area contributed by atoms with E-state index in [1.807, 2.05) is 0 Å². The van der Waals surface area contributed by atoms with Crippen LogP contribution in [0.3, 0.4) is 0 Å². The highest BCUT2D eigenvalue weighted by Gasteiger charge is 2.26. The molecule has 0 fully saturated rings. The second-order valence-electron chi connectivity index (χ2n) is 9.30. The molecule has 0 amide bonds. The molecule has 3 heteroatoms. The molecule has 0 aliphatic heterocycles. The molecule has 0 saturated carbocycles. The normalized spacial score (nSPS) is 13.1. The number of likely N-dealkylation sites (N-methyl/N-ethyl adjacent to an activating group) is 2. The van der Waals surface area contributed by atoms with Gasteiger partial charge in [-0.2, -0.15) is 0 Å². The predicted octanol–water partition coefficient (Wildman–Crippen LogP) is 4.76. The molecule has 25 heavy (non-hydrogen) atoms. The van der Waals surface area contributed by atoms with Gasteiger partial charge in [0.25, 0.3) is 0 Å². The van der Waals surface area contributed by atoms with E-state index in [2.05, 4.69) is 84.4 Å². The molecule has 1 N–H and O–H groups in total. The molecule has 0 aromatic heterocycles. The highest BCUT2D eigenvalue weighted by Crippen LogP contribution is 2.39. The number of hydrogen-bond donors (Lipinski definition) is 1. The van der Waals surface area contributed by atoms with Gasteiger partial charge in [0.2, 0.25) is 0 Å². The summed E-state index contributed by atoms with van der Waals surface area (Å²) in [5.41, 5.74) is 3.24. The van der Waals surface area contributed by atoms with E-state index in [0.717, 1.165) is 43.9 Å². The number of benzene rings is 1. The lowest BCUT2D eigenvalue weighted by atomic mass is 9.78. The molecular formula is C22H40N2O. The number of aromatic hydroxyl groups is 1. The maximum atomic E-state index is 10.8. The molecule has 3 nitrogen and oxygen atoms in total. The molecule has 0 radical (unpaired) electrons. The van der Waals surface area contributed by atoms with Gasteiger partial charge in [-0.15, -0.1) is 0 Å². The van der Waals surface area contributed by atoms with Crippen LogP contribution in [0.4, 0.5) is 0 Å². The molecule has 0 aliphatic carbocycles. The summed E-state index contributed by atoms with van der Waals surface area (Å²) >= 11 is 0. The molecule has 0 bridgehead atoms. The van der Waals surface area contributed by atoms with Gasteiger partial charge < -0.3 is 14.9 Å². The third kappa shape index (κ3) is 6.31. The number of hydrogen-bond acceptors (Lipinski definition) is 3. The largest absolute Gasteiger partial charge is 0.507 e. The Morgan fingerprint density at radius 1 is 0.840 bits per heavy atom. The molecule has 0 spiro atoms. The molecular weight excluding hydrogens is 308 g/mol. The summed E-state index contributed by atoms with van der Waals surface area (Å²) in [5, 5.41) is 10.8. The second kappa shape index (κ2) is 8.55. The Morgan fingerprint density at radius 2 is 1.28 bits per heavy atom. The quantitative estimate of drug-likeness (QED) is 0.769. The van der Waals surface area contributed by atoms with Crippen molar-refractivity contribution < 1.29 is 5.11 Å². The standard InChI is InChI=1S/C22H40N2O/c1-10-24(11-2)13-12-23(9)16-17-14-18(21(3,4)5)20(25)19(15-17)22(6,7)8/h14-15,25H,10-13,16H2,1-9H3. The Labute approximate surface area is 156 Å². The molecule has 0 unspecified atom stereocenters. The van der Waals surface area contributed by atoms with Crippen LogP contribution in [0.2, 0.25) is 0 Å². The molecule has 1 aromatic carbocycles. The van der Waals surface area contributed by atoms with Crippen molar-refractivity contribution in [3.8, 4) is 5.75 Å². The Kier molecular flexibility index (Phi) is 7.52. The van der Waals surface area contributed by atoms with Crippen molar-refractivity contribution in [1.82, 2.24) is 9.80 Å². The van der Waals surface area contributed by atoms with Crippen LogP contribution in [0.5, 0.6) is 5.75 Å². The first-order valence-corrected chi connectivity index (χ1v) is 9.67. The van der Waals surface area contributed by atoms with Gasteiger partial charge in [-0.3, -0.25) is 0 Å². The lowest BCUT2D eigenvalue weighted by molar-refractivity contribution is 0.236. The minimum Gasteiger partial charge on any atom is -0.507 e. The highest BCUT2D eigenvalue weighted by atomic mass is 16.3. The van der Waals surface area contributed by atoms with Gasteiger partial charge in [0.05, 0.1) is 0 Å². The summed E-state index contributed by atoms with van der Waals surface area (Å²) < 4.78 is 0. The second-order valence-corrected chi connectivity index (χ2v) is 9.30. The average Bonchev–Trinajstić information content (AvgIpc) is 2.47. The van der Waals surface area contributed by atoms with Crippen LogP contribution in [0.15, 0.2) is 12.1 Å². The summed E-state index contributed by atoms with van der Waals surface area (Å²) in [6.45, 7) is 22.7. The Balaban J connectivity index is 3.07. The van der Waals surface area contributed by atoms with E-state index in [4.69, 9.17) is 0 Å². The first-order chi connectivity index (χ1) is 11.4. The van der Waals surface area contributed by atoms with Gasteiger partial charge >= 0.3 is 0 Å². The summed E-state index contributed by atoms with van der Waals surface area (Å²) in [5.74, 6) is 0.467. The van der Waals surface area contributed by atoms with Crippen LogP contribution in [0.1, 0.15) is 72.1 Å². The van der Waals surface area contributed by atoms with Crippen molar-refractivity contribution in [2.45, 2.75) is 72.8 Å². The Morgan fingerprint density at radius 3 is 1.64 bits per heavy atom. The fourth-order valence-corrected chi connectivity index (χ4v) is 3.17. The number of phenols is 1. The van der Waals surface area contributed by atoms with Crippen molar-refractivity contribution in [3.05, 3.63) is 28.8 Å². The predicted molar refractivity (Wildman–Crippen MR) is 110 cm³/mol. The van der Waals surface area contributed by atoms with E-state index >= 15 is 0 Å². The van der Waals surface area contributed by atoms with Gasteiger partial charge in [0.1, 0.15) is 5.75 Å². The summed E-state index contributed by atoms with van der Waals surface area (Å²) in [6.07, 6.45) is 0. The van der Waals surface area contributed by atoms with E-state index in [-0.39, 0.29) is 10.8 Å². The molecule has 144 valence electrons. The van der Waals surface area contributed by atoms with Gasteiger partial charge in [0, 0.05) is 19.6 Å². The Bertz CT molecular complexity index is 513. The third-order valence-electron chi connectivity index (χ3n) is 4.93. The van der Waals surface area contributed by atoms with E-state index in [9.17, 15) is 5.11 Å². The van der Waals surface area contributed by atoms with Crippen molar-refractivity contribution in [2.24, 2.45) is 0 Å². The van der Waals surface area contributed by atoms with Gasteiger partial charge in [-0.05, 0) is 47.7 Å². The molecule has 0 atom stereocenters.